The van der Waals surface area contributed by atoms with E-state index in [0.717, 1.165) is 43.1 Å². The number of H-pyrrole nitrogens is 1. The van der Waals surface area contributed by atoms with Gasteiger partial charge in [0.2, 0.25) is 0 Å². The Morgan fingerprint density at radius 1 is 1.21 bits per heavy atom. The Morgan fingerprint density at radius 2 is 2.00 bits per heavy atom. The lowest BCUT2D eigenvalue weighted by Gasteiger charge is -2.34. The summed E-state index contributed by atoms with van der Waals surface area (Å²) in [5.41, 5.74) is 0.820. The summed E-state index contributed by atoms with van der Waals surface area (Å²) in [5.74, 6) is 1.68. The van der Waals surface area contributed by atoms with E-state index < -0.39 is 0 Å². The summed E-state index contributed by atoms with van der Waals surface area (Å²) in [7, 11) is 0. The summed E-state index contributed by atoms with van der Waals surface area (Å²) in [6.45, 7) is 2.68. The smallest absolute Gasteiger partial charge is 0.271 e. The van der Waals surface area contributed by atoms with Crippen molar-refractivity contribution < 1.29 is 4.79 Å². The highest BCUT2D eigenvalue weighted by atomic mass is 16.2. The van der Waals surface area contributed by atoms with Crippen LogP contribution >= 0.6 is 0 Å². The van der Waals surface area contributed by atoms with E-state index >= 15 is 0 Å². The number of amides is 1. The number of piperidine rings is 1. The lowest BCUT2D eigenvalue weighted by molar-refractivity contribution is 0.0587. The molecule has 1 unspecified atom stereocenters. The Bertz CT molecular complexity index is 713. The molecule has 1 aliphatic carbocycles. The van der Waals surface area contributed by atoms with Gasteiger partial charge in [-0.25, -0.2) is 4.98 Å². The number of likely N-dealkylation sites (tertiary alicyclic amines) is 1. The lowest BCUT2D eigenvalue weighted by Crippen LogP contribution is -2.40. The van der Waals surface area contributed by atoms with E-state index in [-0.39, 0.29) is 11.9 Å². The second-order valence-corrected chi connectivity index (χ2v) is 7.03. The van der Waals surface area contributed by atoms with Gasteiger partial charge in [0.05, 0.1) is 6.04 Å². The second-order valence-electron chi connectivity index (χ2n) is 7.03. The molecular formula is C18H25N5O. The number of hydrogen-bond acceptors (Lipinski definition) is 3. The van der Waals surface area contributed by atoms with Crippen molar-refractivity contribution in [1.82, 2.24) is 24.6 Å². The van der Waals surface area contributed by atoms with Crippen molar-refractivity contribution in [3.8, 4) is 0 Å². The molecule has 1 N–H and O–H groups in total. The molecule has 1 aliphatic heterocycles. The van der Waals surface area contributed by atoms with Gasteiger partial charge < -0.3 is 9.47 Å². The van der Waals surface area contributed by atoms with Crippen LogP contribution in [0.15, 0.2) is 18.3 Å². The zero-order valence-electron chi connectivity index (χ0n) is 14.2. The molecule has 0 radical (unpaired) electrons. The maximum Gasteiger partial charge on any atom is 0.271 e. The molecule has 2 aliphatic rings. The maximum absolute atomic E-state index is 13.3. The Labute approximate surface area is 142 Å². The van der Waals surface area contributed by atoms with Crippen molar-refractivity contribution >= 4 is 5.91 Å². The number of carbonyl (C=O) groups excluding carboxylic acids is 1. The summed E-state index contributed by atoms with van der Waals surface area (Å²) >= 11 is 0. The van der Waals surface area contributed by atoms with E-state index in [0.29, 0.717) is 6.04 Å². The first kappa shape index (κ1) is 15.4. The van der Waals surface area contributed by atoms with Crippen LogP contribution in [-0.4, -0.2) is 37.1 Å². The zero-order chi connectivity index (χ0) is 16.5. The SMILES string of the molecule is Cc1nc(C2CCCCN2C(=O)c2cccn2C2CCCC2)n[nH]1. The van der Waals surface area contributed by atoms with Crippen molar-refractivity contribution in [3.63, 3.8) is 0 Å². The number of nitrogens with zero attached hydrogens (tertiary/aromatic N) is 4. The largest absolute Gasteiger partial charge is 0.340 e. The van der Waals surface area contributed by atoms with Crippen LogP contribution in [0, 0.1) is 6.92 Å². The van der Waals surface area contributed by atoms with Gasteiger partial charge in [-0.3, -0.25) is 9.89 Å². The highest BCUT2D eigenvalue weighted by molar-refractivity contribution is 5.93. The van der Waals surface area contributed by atoms with Gasteiger partial charge in [0.1, 0.15) is 11.5 Å². The molecular weight excluding hydrogens is 302 g/mol. The predicted octanol–water partition coefficient (Wildman–Crippen LogP) is 3.40. The minimum atomic E-state index is -0.0110. The first-order chi connectivity index (χ1) is 11.7. The molecule has 3 heterocycles. The van der Waals surface area contributed by atoms with Gasteiger partial charge in [0, 0.05) is 18.8 Å². The molecule has 6 nitrogen and oxygen atoms in total. The molecule has 1 saturated heterocycles. The van der Waals surface area contributed by atoms with E-state index in [4.69, 9.17) is 0 Å². The standard InChI is InChI=1S/C18H25N5O/c1-13-19-17(21-20-13)15-9-4-5-11-23(15)18(24)16-10-6-12-22(16)14-7-2-3-8-14/h6,10,12,14-15H,2-5,7-9,11H2,1H3,(H,19,20,21). The summed E-state index contributed by atoms with van der Waals surface area (Å²) in [6, 6.07) is 4.44. The molecule has 0 aromatic carbocycles. The van der Waals surface area contributed by atoms with Gasteiger partial charge in [-0.1, -0.05) is 12.8 Å². The Balaban J connectivity index is 1.61. The Kier molecular flexibility index (Phi) is 4.12. The van der Waals surface area contributed by atoms with Crippen LogP contribution in [-0.2, 0) is 0 Å². The van der Waals surface area contributed by atoms with E-state index in [1.807, 2.05) is 24.0 Å². The highest BCUT2D eigenvalue weighted by Gasteiger charge is 2.33. The predicted molar refractivity (Wildman–Crippen MR) is 90.7 cm³/mol. The van der Waals surface area contributed by atoms with Crippen LogP contribution < -0.4 is 0 Å². The molecule has 128 valence electrons. The number of carbonyl (C=O) groups is 1. The van der Waals surface area contributed by atoms with Crippen molar-refractivity contribution in [2.75, 3.05) is 6.54 Å². The van der Waals surface area contributed by atoms with E-state index in [1.165, 1.54) is 25.7 Å². The monoisotopic (exact) mass is 327 g/mol. The third kappa shape index (κ3) is 2.74. The molecule has 24 heavy (non-hydrogen) atoms. The summed E-state index contributed by atoms with van der Waals surface area (Å²) in [5, 5.41) is 7.23. The number of hydrogen-bond donors (Lipinski definition) is 1. The van der Waals surface area contributed by atoms with Gasteiger partial charge in [-0.2, -0.15) is 5.10 Å². The van der Waals surface area contributed by atoms with Crippen LogP contribution in [0.5, 0.6) is 0 Å². The summed E-state index contributed by atoms with van der Waals surface area (Å²) in [6.07, 6.45) is 10.1. The Morgan fingerprint density at radius 3 is 2.75 bits per heavy atom. The van der Waals surface area contributed by atoms with Gasteiger partial charge in [0.15, 0.2) is 5.82 Å². The van der Waals surface area contributed by atoms with Crippen molar-refractivity contribution in [1.29, 1.82) is 0 Å². The fraction of sp³-hybridized carbons (Fsp3) is 0.611. The van der Waals surface area contributed by atoms with Gasteiger partial charge >= 0.3 is 0 Å². The van der Waals surface area contributed by atoms with E-state index in [2.05, 4.69) is 25.9 Å². The molecule has 1 atom stereocenters. The van der Waals surface area contributed by atoms with Crippen LogP contribution in [0.25, 0.3) is 0 Å². The first-order valence-electron chi connectivity index (χ1n) is 9.11. The van der Waals surface area contributed by atoms with Crippen LogP contribution in [0.2, 0.25) is 0 Å². The zero-order valence-corrected chi connectivity index (χ0v) is 14.2. The molecule has 0 bridgehead atoms. The molecule has 1 saturated carbocycles. The highest BCUT2D eigenvalue weighted by Crippen LogP contribution is 2.33. The normalized spacial score (nSPS) is 22.2. The summed E-state index contributed by atoms with van der Waals surface area (Å²) in [4.78, 5) is 19.7. The molecule has 2 aromatic heterocycles. The number of nitrogens with one attached hydrogen (secondary N) is 1. The second kappa shape index (κ2) is 6.42. The first-order valence-corrected chi connectivity index (χ1v) is 9.11. The minimum absolute atomic E-state index is 0.0110. The lowest BCUT2D eigenvalue weighted by atomic mass is 10.0. The number of aromatic amines is 1. The number of rotatable bonds is 3. The summed E-state index contributed by atoms with van der Waals surface area (Å²) < 4.78 is 2.20. The number of aromatic nitrogens is 4. The topological polar surface area (TPSA) is 66.8 Å². The fourth-order valence-electron chi connectivity index (χ4n) is 4.18. The average molecular weight is 327 g/mol. The molecule has 2 fully saturated rings. The molecule has 1 amide bonds. The fourth-order valence-corrected chi connectivity index (χ4v) is 4.18. The molecule has 2 aromatic rings. The van der Waals surface area contributed by atoms with E-state index in [1.54, 1.807) is 0 Å². The van der Waals surface area contributed by atoms with Gasteiger partial charge in [-0.05, 0) is 51.2 Å². The molecule has 4 rings (SSSR count). The average Bonchev–Trinajstić information content (AvgIpc) is 3.34. The van der Waals surface area contributed by atoms with Crippen LogP contribution in [0.4, 0.5) is 0 Å². The third-order valence-electron chi connectivity index (χ3n) is 5.39. The van der Waals surface area contributed by atoms with Crippen LogP contribution in [0.3, 0.4) is 0 Å². The Hall–Kier alpha value is -2.11. The number of aryl methyl sites for hydroxylation is 1. The molecule has 0 spiro atoms. The third-order valence-corrected chi connectivity index (χ3v) is 5.39. The van der Waals surface area contributed by atoms with E-state index in [9.17, 15) is 4.79 Å². The van der Waals surface area contributed by atoms with Gasteiger partial charge in [0.25, 0.3) is 5.91 Å². The van der Waals surface area contributed by atoms with Crippen molar-refractivity contribution in [2.45, 2.75) is 64.0 Å². The quantitative estimate of drug-likeness (QED) is 0.939. The van der Waals surface area contributed by atoms with Gasteiger partial charge in [-0.15, -0.1) is 0 Å². The maximum atomic E-state index is 13.3. The van der Waals surface area contributed by atoms with Crippen LogP contribution in [0.1, 0.15) is 79.2 Å². The molecule has 6 heteroatoms. The van der Waals surface area contributed by atoms with Crippen molar-refractivity contribution in [3.05, 3.63) is 35.7 Å². The van der Waals surface area contributed by atoms with Crippen molar-refractivity contribution in [2.24, 2.45) is 0 Å². The minimum Gasteiger partial charge on any atom is -0.340 e.